The van der Waals surface area contributed by atoms with Crippen molar-refractivity contribution in [3.8, 4) is 0 Å². The van der Waals surface area contributed by atoms with Gasteiger partial charge in [-0.05, 0) is 36.1 Å². The van der Waals surface area contributed by atoms with Crippen LogP contribution in [-0.2, 0) is 13.9 Å². The Kier molecular flexibility index (Phi) is 8.32. The SMILES string of the molecule is COC1=N[C@H](C(C)C)C(OC)=N[C@H]1C[Si](C)(C)CCO[Si](C)(C)C(C)(C)C. The maximum atomic E-state index is 6.41. The van der Waals surface area contributed by atoms with Crippen LogP contribution in [0.5, 0.6) is 0 Å². The van der Waals surface area contributed by atoms with Gasteiger partial charge in [0.1, 0.15) is 12.1 Å². The first-order valence-corrected chi connectivity index (χ1v) is 16.4. The molecule has 0 aromatic carbocycles. The minimum Gasteiger partial charge on any atom is -0.483 e. The molecule has 0 fully saturated rings. The first-order chi connectivity index (χ1) is 12.2. The van der Waals surface area contributed by atoms with Crippen LogP contribution < -0.4 is 0 Å². The Morgan fingerprint density at radius 3 is 1.96 bits per heavy atom. The number of methoxy groups -OCH3 is 2. The second-order valence-electron chi connectivity index (χ2n) is 10.3. The van der Waals surface area contributed by atoms with Gasteiger partial charge in [-0.15, -0.1) is 0 Å². The summed E-state index contributed by atoms with van der Waals surface area (Å²) in [5.74, 6) is 1.82. The normalized spacial score (nSPS) is 21.8. The molecule has 0 radical (unpaired) electrons. The summed E-state index contributed by atoms with van der Waals surface area (Å²) in [7, 11) is 0.174. The molecule has 27 heavy (non-hydrogen) atoms. The molecule has 7 heteroatoms. The van der Waals surface area contributed by atoms with E-state index < -0.39 is 16.4 Å². The zero-order chi connectivity index (χ0) is 21.0. The molecule has 1 aliphatic heterocycles. The number of aliphatic imine (C=N–C) groups is 2. The predicted molar refractivity (Wildman–Crippen MR) is 122 cm³/mol. The maximum absolute atomic E-state index is 6.41. The molecular weight excluding hydrogens is 372 g/mol. The molecule has 0 unspecified atom stereocenters. The fourth-order valence-corrected chi connectivity index (χ4v) is 6.34. The summed E-state index contributed by atoms with van der Waals surface area (Å²) in [5.41, 5.74) is 0. The van der Waals surface area contributed by atoms with E-state index in [1.54, 1.807) is 14.2 Å². The molecule has 0 N–H and O–H groups in total. The summed E-state index contributed by atoms with van der Waals surface area (Å²) in [4.78, 5) is 9.68. The van der Waals surface area contributed by atoms with Crippen LogP contribution in [0, 0.1) is 5.92 Å². The Balaban J connectivity index is 2.79. The third-order valence-electron chi connectivity index (χ3n) is 5.93. The van der Waals surface area contributed by atoms with Gasteiger partial charge in [0.05, 0.1) is 22.3 Å². The molecule has 0 aliphatic carbocycles. The van der Waals surface area contributed by atoms with Crippen molar-refractivity contribution >= 4 is 28.2 Å². The average molecular weight is 415 g/mol. The number of ether oxygens (including phenoxy) is 2. The van der Waals surface area contributed by atoms with Crippen LogP contribution in [0.3, 0.4) is 0 Å². The highest BCUT2D eigenvalue weighted by molar-refractivity contribution is 6.78. The van der Waals surface area contributed by atoms with Crippen molar-refractivity contribution < 1.29 is 13.9 Å². The van der Waals surface area contributed by atoms with Gasteiger partial charge in [0.15, 0.2) is 8.32 Å². The standard InChI is InChI=1S/C20H42N2O3Si2/c1-15(2)17-19(24-7)21-16(18(22-17)23-6)14-26(8,9)13-12-25-27(10,11)20(3,4)5/h15-17H,12-14H2,1-11H3/t16-,17+/m0/s1. The Bertz CT molecular complexity index is 552. The molecule has 1 rings (SSSR count). The van der Waals surface area contributed by atoms with Crippen molar-refractivity contribution in [2.24, 2.45) is 15.9 Å². The first-order valence-electron chi connectivity index (χ1n) is 10.1. The van der Waals surface area contributed by atoms with E-state index in [0.29, 0.717) is 5.92 Å². The summed E-state index contributed by atoms with van der Waals surface area (Å²) >= 11 is 0. The topological polar surface area (TPSA) is 52.4 Å². The van der Waals surface area contributed by atoms with Gasteiger partial charge < -0.3 is 13.9 Å². The van der Waals surface area contributed by atoms with Gasteiger partial charge >= 0.3 is 0 Å². The highest BCUT2D eigenvalue weighted by Crippen LogP contribution is 2.37. The lowest BCUT2D eigenvalue weighted by Gasteiger charge is -2.37. The van der Waals surface area contributed by atoms with E-state index in [9.17, 15) is 0 Å². The van der Waals surface area contributed by atoms with Gasteiger partial charge in [-0.1, -0.05) is 47.7 Å². The average Bonchev–Trinajstić information content (AvgIpc) is 2.52. The van der Waals surface area contributed by atoms with Crippen molar-refractivity contribution in [3.63, 3.8) is 0 Å². The molecule has 5 nitrogen and oxygen atoms in total. The Morgan fingerprint density at radius 2 is 1.52 bits per heavy atom. The van der Waals surface area contributed by atoms with Crippen LogP contribution in [0.4, 0.5) is 0 Å². The molecular formula is C20H42N2O3Si2. The molecule has 158 valence electrons. The fraction of sp³-hybridized carbons (Fsp3) is 0.900. The lowest BCUT2D eigenvalue weighted by atomic mass is 10.0. The lowest BCUT2D eigenvalue weighted by Crippen LogP contribution is -2.44. The van der Waals surface area contributed by atoms with Crippen LogP contribution in [-0.4, -0.2) is 61.1 Å². The van der Waals surface area contributed by atoms with Crippen LogP contribution in [0.2, 0.25) is 43.3 Å². The van der Waals surface area contributed by atoms with Crippen molar-refractivity contribution in [1.82, 2.24) is 0 Å². The van der Waals surface area contributed by atoms with Gasteiger partial charge in [0.2, 0.25) is 11.8 Å². The van der Waals surface area contributed by atoms with Crippen LogP contribution >= 0.6 is 0 Å². The lowest BCUT2D eigenvalue weighted by molar-refractivity contribution is 0.305. The highest BCUT2D eigenvalue weighted by Gasteiger charge is 2.38. The van der Waals surface area contributed by atoms with Crippen LogP contribution in [0.15, 0.2) is 9.98 Å². The molecule has 0 amide bonds. The van der Waals surface area contributed by atoms with Crippen LogP contribution in [0.25, 0.3) is 0 Å². The molecule has 0 saturated carbocycles. The van der Waals surface area contributed by atoms with E-state index in [2.05, 4.69) is 60.8 Å². The van der Waals surface area contributed by atoms with Gasteiger partial charge in [-0.25, -0.2) is 9.98 Å². The third kappa shape index (κ3) is 6.71. The van der Waals surface area contributed by atoms with Gasteiger partial charge in [0, 0.05) is 6.61 Å². The molecule has 0 aromatic rings. The minimum atomic E-state index is -1.69. The van der Waals surface area contributed by atoms with Crippen molar-refractivity contribution in [1.29, 1.82) is 0 Å². The Morgan fingerprint density at radius 1 is 0.963 bits per heavy atom. The molecule has 0 aromatic heterocycles. The number of nitrogens with zero attached hydrogens (tertiary/aromatic N) is 2. The summed E-state index contributed by atoms with van der Waals surface area (Å²) in [6.45, 7) is 21.4. The minimum absolute atomic E-state index is 0.0329. The molecule has 2 atom stereocenters. The predicted octanol–water partition coefficient (Wildman–Crippen LogP) is 5.21. The second-order valence-corrected chi connectivity index (χ2v) is 20.3. The van der Waals surface area contributed by atoms with Gasteiger partial charge in [0.25, 0.3) is 0 Å². The van der Waals surface area contributed by atoms with Crippen molar-refractivity contribution in [3.05, 3.63) is 0 Å². The van der Waals surface area contributed by atoms with Gasteiger partial charge in [-0.2, -0.15) is 0 Å². The molecule has 0 spiro atoms. The first kappa shape index (κ1) is 24.4. The van der Waals surface area contributed by atoms with E-state index in [1.807, 2.05) is 0 Å². The van der Waals surface area contributed by atoms with Crippen molar-refractivity contribution in [2.75, 3.05) is 20.8 Å². The smallest absolute Gasteiger partial charge is 0.209 e. The monoisotopic (exact) mass is 414 g/mol. The summed E-state index contributed by atoms with van der Waals surface area (Å²) in [5, 5.41) is 0.251. The Labute approximate surface area is 169 Å². The zero-order valence-electron chi connectivity index (χ0n) is 19.5. The summed E-state index contributed by atoms with van der Waals surface area (Å²) in [6.07, 6.45) is 0. The fourth-order valence-electron chi connectivity index (χ4n) is 2.92. The van der Waals surface area contributed by atoms with E-state index in [4.69, 9.17) is 23.9 Å². The molecule has 0 bridgehead atoms. The summed E-state index contributed by atoms with van der Waals surface area (Å²) in [6, 6.07) is 2.04. The van der Waals surface area contributed by atoms with Crippen molar-refractivity contribution in [2.45, 2.75) is 90.0 Å². The third-order valence-corrected chi connectivity index (χ3v) is 13.5. The van der Waals surface area contributed by atoms with E-state index >= 15 is 0 Å². The number of rotatable bonds is 7. The quantitative estimate of drug-likeness (QED) is 0.537. The zero-order valence-corrected chi connectivity index (χ0v) is 21.5. The van der Waals surface area contributed by atoms with Crippen LogP contribution in [0.1, 0.15) is 34.6 Å². The number of hydrogen-bond donors (Lipinski definition) is 0. The van der Waals surface area contributed by atoms with E-state index in [-0.39, 0.29) is 17.1 Å². The second kappa shape index (κ2) is 9.22. The molecule has 1 heterocycles. The largest absolute Gasteiger partial charge is 0.483 e. The summed E-state index contributed by atoms with van der Waals surface area (Å²) < 4.78 is 17.6. The van der Waals surface area contributed by atoms with E-state index in [0.717, 1.165) is 30.5 Å². The Hall–Kier alpha value is -0.666. The molecule has 1 aliphatic rings. The maximum Gasteiger partial charge on any atom is 0.209 e. The number of hydrogen-bond acceptors (Lipinski definition) is 5. The van der Waals surface area contributed by atoms with Gasteiger partial charge in [-0.3, -0.25) is 0 Å². The highest BCUT2D eigenvalue weighted by atomic mass is 28.4. The van der Waals surface area contributed by atoms with E-state index in [1.165, 1.54) is 0 Å². The molecule has 0 saturated heterocycles.